The molecule has 92 valence electrons. The minimum Gasteiger partial charge on any atom is -0.369 e. The van der Waals surface area contributed by atoms with Gasteiger partial charge < -0.3 is 15.4 Å². The number of hydrogen-bond donors (Lipinski definition) is 1. The summed E-state index contributed by atoms with van der Waals surface area (Å²) in [5.74, 6) is 0.421. The monoisotopic (exact) mass is 247 g/mol. The van der Waals surface area contributed by atoms with Crippen molar-refractivity contribution in [1.29, 1.82) is 0 Å². The molecule has 0 saturated carbocycles. The molecule has 0 aliphatic carbocycles. The largest absolute Gasteiger partial charge is 0.369 e. The lowest BCUT2D eigenvalue weighted by Gasteiger charge is -2.16. The molecule has 1 atom stereocenters. The van der Waals surface area contributed by atoms with E-state index in [1.54, 1.807) is 11.8 Å². The van der Waals surface area contributed by atoms with Crippen LogP contribution in [0.2, 0.25) is 0 Å². The Hall–Kier alpha value is -1.11. The Balaban J connectivity index is 2.60. The number of hydrogen-bond acceptors (Lipinski definition) is 3. The second-order valence-corrected chi connectivity index (χ2v) is 5.84. The number of carbonyl (C=O) groups is 1. The summed E-state index contributed by atoms with van der Waals surface area (Å²) in [5.41, 5.74) is 5.57. The van der Waals surface area contributed by atoms with Crippen molar-refractivity contribution in [3.63, 3.8) is 0 Å². The summed E-state index contributed by atoms with van der Waals surface area (Å²) < 4.78 is 25.2. The van der Waals surface area contributed by atoms with Crippen LogP contribution in [-0.4, -0.2) is 44.4 Å². The minimum absolute atomic E-state index is 0.0218. The number of Topliss-reactive ketones (excluding diaryl/α,β-unsaturated/α-hetero) is 1. The van der Waals surface area contributed by atoms with Crippen LogP contribution in [0.5, 0.6) is 0 Å². The van der Waals surface area contributed by atoms with Gasteiger partial charge in [0.1, 0.15) is 5.78 Å². The van der Waals surface area contributed by atoms with E-state index in [2.05, 4.69) is 4.40 Å². The van der Waals surface area contributed by atoms with Crippen LogP contribution in [0, 0.1) is 5.92 Å². The van der Waals surface area contributed by atoms with Gasteiger partial charge in [0.05, 0.1) is 6.26 Å². The highest BCUT2D eigenvalue weighted by molar-refractivity contribution is 7.89. The van der Waals surface area contributed by atoms with E-state index in [0.29, 0.717) is 19.5 Å². The molecule has 2 N–H and O–H groups in total. The minimum atomic E-state index is -3.45. The second kappa shape index (κ2) is 4.82. The number of likely N-dealkylation sites (tertiary alicyclic amines) is 1. The van der Waals surface area contributed by atoms with Crippen LogP contribution >= 0.6 is 0 Å². The first-order valence-electron chi connectivity index (χ1n) is 5.07. The highest BCUT2D eigenvalue weighted by Gasteiger charge is 2.25. The molecule has 0 aromatic rings. The summed E-state index contributed by atoms with van der Waals surface area (Å²) in [4.78, 5) is 12.6. The average molecular weight is 247 g/mol. The third kappa shape index (κ3) is 4.18. The lowest BCUT2D eigenvalue weighted by molar-refractivity contribution is -0.117. The van der Waals surface area contributed by atoms with E-state index in [1.807, 2.05) is 0 Å². The van der Waals surface area contributed by atoms with Gasteiger partial charge in [0, 0.05) is 19.5 Å². The number of ketones is 1. The van der Waals surface area contributed by atoms with Crippen molar-refractivity contribution in [3.8, 4) is 0 Å². The predicted octanol–water partition coefficient (Wildman–Crippen LogP) is -0.438. The Labute approximate surface area is 95.6 Å². The van der Waals surface area contributed by atoms with Crippen molar-refractivity contribution in [2.24, 2.45) is 16.0 Å². The van der Waals surface area contributed by atoms with Gasteiger partial charge in [-0.15, -0.1) is 4.40 Å². The molecule has 1 aliphatic heterocycles. The maximum atomic E-state index is 10.9. The maximum Gasteiger partial charge on any atom is 0.253 e. The molecule has 1 heterocycles. The van der Waals surface area contributed by atoms with Crippen molar-refractivity contribution < 1.29 is 13.2 Å². The predicted molar refractivity (Wildman–Crippen MR) is 61.4 cm³/mol. The molecule has 1 fully saturated rings. The molecular formula is C9H17N3O3S. The summed E-state index contributed by atoms with van der Waals surface area (Å²) in [6.07, 6.45) is 2.37. The van der Waals surface area contributed by atoms with Crippen LogP contribution < -0.4 is 5.73 Å². The van der Waals surface area contributed by atoms with Crippen molar-refractivity contribution >= 4 is 21.8 Å². The van der Waals surface area contributed by atoms with Gasteiger partial charge in [-0.1, -0.05) is 0 Å². The van der Waals surface area contributed by atoms with Crippen molar-refractivity contribution in [2.75, 3.05) is 19.3 Å². The van der Waals surface area contributed by atoms with Gasteiger partial charge in [-0.2, -0.15) is 0 Å². The molecule has 16 heavy (non-hydrogen) atoms. The van der Waals surface area contributed by atoms with E-state index in [4.69, 9.17) is 5.73 Å². The quantitative estimate of drug-likeness (QED) is 0.539. The third-order valence-corrected chi connectivity index (χ3v) is 2.96. The van der Waals surface area contributed by atoms with E-state index in [9.17, 15) is 13.2 Å². The van der Waals surface area contributed by atoms with E-state index in [0.717, 1.165) is 12.7 Å². The molecule has 1 aliphatic rings. The smallest absolute Gasteiger partial charge is 0.253 e. The lowest BCUT2D eigenvalue weighted by atomic mass is 10.0. The normalized spacial score (nSPS) is 22.5. The fourth-order valence-corrected chi connectivity index (χ4v) is 2.30. The summed E-state index contributed by atoms with van der Waals surface area (Å²) in [7, 11) is -3.45. The van der Waals surface area contributed by atoms with Crippen molar-refractivity contribution in [3.05, 3.63) is 0 Å². The summed E-state index contributed by atoms with van der Waals surface area (Å²) in [6.45, 7) is 2.81. The van der Waals surface area contributed by atoms with Crippen molar-refractivity contribution in [2.45, 2.75) is 19.8 Å². The number of carbonyl (C=O) groups excluding carboxylic acids is 1. The Morgan fingerprint density at radius 2 is 2.19 bits per heavy atom. The Morgan fingerprint density at radius 3 is 2.69 bits per heavy atom. The van der Waals surface area contributed by atoms with Crippen molar-refractivity contribution in [1.82, 2.24) is 4.90 Å². The van der Waals surface area contributed by atoms with Crippen LogP contribution in [-0.2, 0) is 14.8 Å². The van der Waals surface area contributed by atoms with Crippen LogP contribution in [0.3, 0.4) is 0 Å². The number of sulfonamides is 1. The number of nitrogens with two attached hydrogens (primary N) is 1. The van der Waals surface area contributed by atoms with Gasteiger partial charge in [0.25, 0.3) is 10.0 Å². The molecular weight excluding hydrogens is 230 g/mol. The van der Waals surface area contributed by atoms with Gasteiger partial charge in [0.15, 0.2) is 0 Å². The van der Waals surface area contributed by atoms with Gasteiger partial charge in [-0.05, 0) is 19.3 Å². The first-order chi connectivity index (χ1) is 7.28. The zero-order chi connectivity index (χ0) is 12.3. The lowest BCUT2D eigenvalue weighted by Crippen LogP contribution is -2.36. The van der Waals surface area contributed by atoms with Gasteiger partial charge in [-0.3, -0.25) is 0 Å². The topological polar surface area (TPSA) is 92.8 Å². The molecule has 0 amide bonds. The first-order valence-corrected chi connectivity index (χ1v) is 6.92. The molecule has 7 heteroatoms. The van der Waals surface area contributed by atoms with E-state index >= 15 is 0 Å². The molecule has 0 radical (unpaired) electrons. The Bertz CT molecular complexity index is 402. The van der Waals surface area contributed by atoms with Crippen LogP contribution in [0.4, 0.5) is 0 Å². The third-order valence-electron chi connectivity index (χ3n) is 2.45. The number of nitrogens with zero attached hydrogens (tertiary/aromatic N) is 2. The van der Waals surface area contributed by atoms with Gasteiger partial charge >= 0.3 is 0 Å². The first kappa shape index (κ1) is 13.0. The van der Waals surface area contributed by atoms with Gasteiger partial charge in [-0.25, -0.2) is 8.42 Å². The standard InChI is InChI=1S/C9H17N3O3S/c1-7(13)5-8-3-4-12(6-8)9(10)11-16(2,14)15/h8H,3-6H2,1-2H3,(H2,10,11). The average Bonchev–Trinajstić information content (AvgIpc) is 2.48. The van der Waals surface area contributed by atoms with Crippen LogP contribution in [0.1, 0.15) is 19.8 Å². The number of rotatable bonds is 3. The Kier molecular flexibility index (Phi) is 3.90. The zero-order valence-electron chi connectivity index (χ0n) is 9.51. The Morgan fingerprint density at radius 1 is 1.56 bits per heavy atom. The highest BCUT2D eigenvalue weighted by atomic mass is 32.2. The van der Waals surface area contributed by atoms with Gasteiger partial charge in [0.2, 0.25) is 5.96 Å². The second-order valence-electron chi connectivity index (χ2n) is 4.19. The van der Waals surface area contributed by atoms with Crippen LogP contribution in [0.15, 0.2) is 4.40 Å². The fraction of sp³-hybridized carbons (Fsp3) is 0.778. The summed E-state index contributed by atoms with van der Waals surface area (Å²) in [6, 6.07) is 0. The number of guanidine groups is 1. The zero-order valence-corrected chi connectivity index (χ0v) is 10.3. The molecule has 0 bridgehead atoms. The molecule has 0 spiro atoms. The van der Waals surface area contributed by atoms with E-state index in [1.165, 1.54) is 0 Å². The molecule has 1 unspecified atom stereocenters. The molecule has 6 nitrogen and oxygen atoms in total. The summed E-state index contributed by atoms with van der Waals surface area (Å²) in [5, 5.41) is 0. The molecule has 1 saturated heterocycles. The fourth-order valence-electron chi connectivity index (χ4n) is 1.84. The highest BCUT2D eigenvalue weighted by Crippen LogP contribution is 2.19. The maximum absolute atomic E-state index is 10.9. The van der Waals surface area contributed by atoms with E-state index < -0.39 is 10.0 Å². The SMILES string of the molecule is CC(=O)CC1CCN(/C(N)=N/S(C)(=O)=O)C1. The molecule has 1 rings (SSSR count). The van der Waals surface area contributed by atoms with E-state index in [-0.39, 0.29) is 17.7 Å². The molecule has 0 aromatic heterocycles. The molecule has 0 aromatic carbocycles. The summed E-state index contributed by atoms with van der Waals surface area (Å²) >= 11 is 0. The van der Waals surface area contributed by atoms with Crippen LogP contribution in [0.25, 0.3) is 0 Å².